The normalized spacial score (nSPS) is 11.7. The Morgan fingerprint density at radius 2 is 1.78 bits per heavy atom. The van der Waals surface area contributed by atoms with E-state index in [-0.39, 0.29) is 5.41 Å². The summed E-state index contributed by atoms with van der Waals surface area (Å²) in [6.07, 6.45) is 2.06. The van der Waals surface area contributed by atoms with E-state index in [0.29, 0.717) is 0 Å². The smallest absolute Gasteiger partial charge is 0.0794 e. The van der Waals surface area contributed by atoms with E-state index in [0.717, 1.165) is 23.5 Å². The minimum atomic E-state index is 0.190. The van der Waals surface area contributed by atoms with Gasteiger partial charge in [-0.2, -0.15) is 0 Å². The first-order valence-corrected chi connectivity index (χ1v) is 8.99. The van der Waals surface area contributed by atoms with Crippen molar-refractivity contribution in [3.05, 3.63) is 52.5 Å². The predicted molar refractivity (Wildman–Crippen MR) is 86.0 cm³/mol. The standard InChI is InChI=1S/C14H15Br2NS/c15-9-14(10-16,7-13-8-18-11-17-13)6-12-4-2-1-3-5-12/h1-5,8,11H,6-7,9-10H2. The first-order chi connectivity index (χ1) is 8.78. The fraction of sp³-hybridized carbons (Fsp3) is 0.357. The van der Waals surface area contributed by atoms with Gasteiger partial charge in [-0.3, -0.25) is 0 Å². The molecule has 0 spiro atoms. The Bertz CT molecular complexity index is 452. The van der Waals surface area contributed by atoms with E-state index in [1.54, 1.807) is 11.3 Å². The molecule has 18 heavy (non-hydrogen) atoms. The third-order valence-electron chi connectivity index (χ3n) is 3.03. The molecule has 0 aliphatic rings. The fourth-order valence-electron chi connectivity index (χ4n) is 2.03. The first-order valence-electron chi connectivity index (χ1n) is 5.81. The number of hydrogen-bond donors (Lipinski definition) is 0. The first kappa shape index (κ1) is 14.2. The molecule has 96 valence electrons. The minimum absolute atomic E-state index is 0.190. The molecular formula is C14H15Br2NS. The highest BCUT2D eigenvalue weighted by atomic mass is 79.9. The second-order valence-electron chi connectivity index (χ2n) is 4.59. The minimum Gasteiger partial charge on any atom is -0.250 e. The van der Waals surface area contributed by atoms with E-state index in [1.165, 1.54) is 11.3 Å². The fourth-order valence-corrected chi connectivity index (χ4v) is 4.31. The molecule has 2 aromatic rings. The highest BCUT2D eigenvalue weighted by Crippen LogP contribution is 2.32. The van der Waals surface area contributed by atoms with Crippen LogP contribution in [0.5, 0.6) is 0 Å². The number of nitrogens with zero attached hydrogens (tertiary/aromatic N) is 1. The predicted octanol–water partition coefficient (Wildman–Crippen LogP) is 4.70. The summed E-state index contributed by atoms with van der Waals surface area (Å²) >= 11 is 9.03. The van der Waals surface area contributed by atoms with Crippen molar-refractivity contribution >= 4 is 43.2 Å². The van der Waals surface area contributed by atoms with Gasteiger partial charge in [-0.05, 0) is 23.8 Å². The molecule has 0 saturated heterocycles. The average molecular weight is 389 g/mol. The quantitative estimate of drug-likeness (QED) is 0.653. The van der Waals surface area contributed by atoms with E-state index < -0.39 is 0 Å². The summed E-state index contributed by atoms with van der Waals surface area (Å²) in [4.78, 5) is 4.42. The van der Waals surface area contributed by atoms with Gasteiger partial charge in [0.1, 0.15) is 0 Å². The molecule has 1 aromatic heterocycles. The second-order valence-corrected chi connectivity index (χ2v) is 6.43. The van der Waals surface area contributed by atoms with Gasteiger partial charge in [0.2, 0.25) is 0 Å². The zero-order valence-electron chi connectivity index (χ0n) is 9.98. The number of benzene rings is 1. The van der Waals surface area contributed by atoms with Crippen LogP contribution in [0.4, 0.5) is 0 Å². The summed E-state index contributed by atoms with van der Waals surface area (Å²) in [6, 6.07) is 10.7. The molecule has 0 N–H and O–H groups in total. The average Bonchev–Trinajstić information content (AvgIpc) is 2.92. The van der Waals surface area contributed by atoms with Crippen molar-refractivity contribution in [2.24, 2.45) is 5.41 Å². The number of halogens is 2. The van der Waals surface area contributed by atoms with Gasteiger partial charge in [0.05, 0.1) is 11.2 Å². The molecular weight excluding hydrogens is 374 g/mol. The molecule has 0 unspecified atom stereocenters. The van der Waals surface area contributed by atoms with Gasteiger partial charge in [-0.1, -0.05) is 62.2 Å². The van der Waals surface area contributed by atoms with E-state index >= 15 is 0 Å². The number of rotatable bonds is 6. The number of aromatic nitrogens is 1. The molecule has 1 nitrogen and oxygen atoms in total. The van der Waals surface area contributed by atoms with Crippen LogP contribution in [0.25, 0.3) is 0 Å². The van der Waals surface area contributed by atoms with Gasteiger partial charge in [0.25, 0.3) is 0 Å². The van der Waals surface area contributed by atoms with Crippen LogP contribution in [0.1, 0.15) is 11.3 Å². The van der Waals surface area contributed by atoms with Crippen molar-refractivity contribution in [2.45, 2.75) is 12.8 Å². The third-order valence-corrected chi connectivity index (χ3v) is 6.04. The summed E-state index contributed by atoms with van der Waals surface area (Å²) in [6.45, 7) is 0. The van der Waals surface area contributed by atoms with E-state index in [9.17, 15) is 0 Å². The molecule has 0 saturated carbocycles. The van der Waals surface area contributed by atoms with E-state index in [2.05, 4.69) is 72.6 Å². The van der Waals surface area contributed by atoms with Crippen LogP contribution in [0.3, 0.4) is 0 Å². The lowest BCUT2D eigenvalue weighted by atomic mass is 9.81. The van der Waals surface area contributed by atoms with Crippen molar-refractivity contribution in [3.63, 3.8) is 0 Å². The Labute approximate surface area is 129 Å². The molecule has 4 heteroatoms. The van der Waals surface area contributed by atoms with Crippen LogP contribution in [-0.4, -0.2) is 15.6 Å². The van der Waals surface area contributed by atoms with Crippen LogP contribution in [0.2, 0.25) is 0 Å². The van der Waals surface area contributed by atoms with Crippen LogP contribution < -0.4 is 0 Å². The Hall–Kier alpha value is -0.190. The van der Waals surface area contributed by atoms with Crippen molar-refractivity contribution in [1.82, 2.24) is 4.98 Å². The lowest BCUT2D eigenvalue weighted by molar-refractivity contribution is 0.382. The maximum atomic E-state index is 4.42. The van der Waals surface area contributed by atoms with Crippen LogP contribution in [0, 0.1) is 5.41 Å². The molecule has 1 aromatic carbocycles. The van der Waals surface area contributed by atoms with Gasteiger partial charge in [0.15, 0.2) is 0 Å². The van der Waals surface area contributed by atoms with Gasteiger partial charge >= 0.3 is 0 Å². The molecule has 0 aliphatic heterocycles. The zero-order chi connectivity index (χ0) is 12.8. The van der Waals surface area contributed by atoms with Crippen LogP contribution in [0.15, 0.2) is 41.2 Å². The van der Waals surface area contributed by atoms with E-state index in [1.807, 2.05) is 5.51 Å². The Morgan fingerprint density at radius 1 is 1.06 bits per heavy atom. The highest BCUT2D eigenvalue weighted by molar-refractivity contribution is 9.09. The summed E-state index contributed by atoms with van der Waals surface area (Å²) in [7, 11) is 0. The summed E-state index contributed by atoms with van der Waals surface area (Å²) < 4.78 is 0. The molecule has 0 bridgehead atoms. The Balaban J connectivity index is 2.16. The molecule has 1 heterocycles. The molecule has 0 fully saturated rings. The van der Waals surface area contributed by atoms with Crippen molar-refractivity contribution in [1.29, 1.82) is 0 Å². The number of thiazole rings is 1. The Morgan fingerprint density at radius 3 is 2.33 bits per heavy atom. The monoisotopic (exact) mass is 387 g/mol. The van der Waals surface area contributed by atoms with Crippen LogP contribution >= 0.6 is 43.2 Å². The maximum Gasteiger partial charge on any atom is 0.0794 e. The van der Waals surface area contributed by atoms with Gasteiger partial charge < -0.3 is 0 Å². The van der Waals surface area contributed by atoms with Crippen molar-refractivity contribution in [3.8, 4) is 0 Å². The molecule has 0 aliphatic carbocycles. The molecule has 0 radical (unpaired) electrons. The summed E-state index contributed by atoms with van der Waals surface area (Å²) in [5, 5.41) is 4.08. The SMILES string of the molecule is BrCC(CBr)(Cc1ccccc1)Cc1cscn1. The largest absolute Gasteiger partial charge is 0.250 e. The topological polar surface area (TPSA) is 12.9 Å². The van der Waals surface area contributed by atoms with Crippen molar-refractivity contribution < 1.29 is 0 Å². The third kappa shape index (κ3) is 3.65. The van der Waals surface area contributed by atoms with Gasteiger partial charge in [-0.25, -0.2) is 4.98 Å². The summed E-state index contributed by atoms with van der Waals surface area (Å²) in [5.41, 5.74) is 4.67. The summed E-state index contributed by atoms with van der Waals surface area (Å²) in [5.74, 6) is 0. The van der Waals surface area contributed by atoms with Crippen LogP contribution in [-0.2, 0) is 12.8 Å². The van der Waals surface area contributed by atoms with Gasteiger partial charge in [0, 0.05) is 16.0 Å². The van der Waals surface area contributed by atoms with Gasteiger partial charge in [-0.15, -0.1) is 11.3 Å². The second kappa shape index (κ2) is 6.83. The van der Waals surface area contributed by atoms with E-state index in [4.69, 9.17) is 0 Å². The maximum absolute atomic E-state index is 4.42. The molecule has 2 rings (SSSR count). The number of alkyl halides is 2. The lowest BCUT2D eigenvalue weighted by Gasteiger charge is -2.29. The zero-order valence-corrected chi connectivity index (χ0v) is 14.0. The highest BCUT2D eigenvalue weighted by Gasteiger charge is 2.29. The lowest BCUT2D eigenvalue weighted by Crippen LogP contribution is -2.30. The Kier molecular flexibility index (Phi) is 5.39. The molecule has 0 amide bonds. The molecule has 0 atom stereocenters. The number of hydrogen-bond acceptors (Lipinski definition) is 2. The van der Waals surface area contributed by atoms with Crippen molar-refractivity contribution in [2.75, 3.05) is 10.7 Å².